The van der Waals surface area contributed by atoms with Crippen molar-refractivity contribution in [3.8, 4) is 11.5 Å². The average Bonchev–Trinajstić information content (AvgIpc) is 2.53. The molecule has 1 heterocycles. The van der Waals surface area contributed by atoms with Crippen LogP contribution in [0.15, 0.2) is 18.2 Å². The number of ether oxygens (including phenoxy) is 2. The van der Waals surface area contributed by atoms with Gasteiger partial charge in [0.05, 0.1) is 7.11 Å². The fraction of sp³-hybridized carbons (Fsp3) is 0.611. The molecule has 1 saturated heterocycles. The smallest absolute Gasteiger partial charge is 0.308 e. The summed E-state index contributed by atoms with van der Waals surface area (Å²) in [6.07, 6.45) is 1.09. The van der Waals surface area contributed by atoms with Crippen LogP contribution in [0.5, 0.6) is 11.5 Å². The van der Waals surface area contributed by atoms with Crippen molar-refractivity contribution in [3.05, 3.63) is 23.8 Å². The molecule has 5 nitrogen and oxygen atoms in total. The Morgan fingerprint density at radius 3 is 2.36 bits per heavy atom. The molecule has 1 N–H and O–H groups in total. The zero-order valence-corrected chi connectivity index (χ0v) is 17.0. The maximum Gasteiger partial charge on any atom is 0.308 e. The summed E-state index contributed by atoms with van der Waals surface area (Å²) >= 11 is 0. The lowest BCUT2D eigenvalue weighted by molar-refractivity contribution is -0.132. The van der Waals surface area contributed by atoms with Crippen LogP contribution in [-0.2, 0) is 4.79 Å². The number of hydrogen-bond acceptors (Lipinski definition) is 5. The molecule has 1 aromatic rings. The topological polar surface area (TPSA) is 50.8 Å². The van der Waals surface area contributed by atoms with Crippen LogP contribution in [0.2, 0.25) is 0 Å². The number of hydrogen-bond donors (Lipinski definition) is 1. The molecule has 144 valence electrons. The van der Waals surface area contributed by atoms with E-state index in [0.29, 0.717) is 23.5 Å². The number of methoxy groups -OCH3 is 1. The minimum Gasteiger partial charge on any atom is -0.493 e. The van der Waals surface area contributed by atoms with Crippen molar-refractivity contribution < 1.29 is 14.3 Å². The molecule has 1 fully saturated rings. The van der Waals surface area contributed by atoms with Gasteiger partial charge in [0.15, 0.2) is 11.5 Å². The first-order valence-corrected chi connectivity index (χ1v) is 8.32. The monoisotopic (exact) mass is 392 g/mol. The van der Waals surface area contributed by atoms with Gasteiger partial charge < -0.3 is 14.8 Å². The summed E-state index contributed by atoms with van der Waals surface area (Å²) in [7, 11) is 1.61. The summed E-state index contributed by atoms with van der Waals surface area (Å²) in [4.78, 5) is 13.7. The van der Waals surface area contributed by atoms with Gasteiger partial charge in [0.1, 0.15) is 0 Å². The molecular weight excluding hydrogens is 363 g/mol. The highest BCUT2D eigenvalue weighted by Crippen LogP contribution is 2.35. The van der Waals surface area contributed by atoms with Crippen LogP contribution in [0, 0.1) is 5.92 Å². The third-order valence-corrected chi connectivity index (χ3v) is 4.11. The Morgan fingerprint density at radius 1 is 1.20 bits per heavy atom. The number of halogens is 2. The molecule has 25 heavy (non-hydrogen) atoms. The molecule has 1 aliphatic rings. The quantitative estimate of drug-likeness (QED) is 0.593. The second kappa shape index (κ2) is 11.6. The van der Waals surface area contributed by atoms with E-state index in [9.17, 15) is 4.79 Å². The van der Waals surface area contributed by atoms with Crippen molar-refractivity contribution in [1.29, 1.82) is 0 Å². The van der Waals surface area contributed by atoms with E-state index < -0.39 is 0 Å². The predicted molar refractivity (Wildman–Crippen MR) is 105 cm³/mol. The minimum atomic E-state index is -0.336. The van der Waals surface area contributed by atoms with Crippen molar-refractivity contribution in [1.82, 2.24) is 10.2 Å². The Bertz CT molecular complexity index is 535. The summed E-state index contributed by atoms with van der Waals surface area (Å²) < 4.78 is 10.6. The number of benzene rings is 1. The van der Waals surface area contributed by atoms with Gasteiger partial charge in [0, 0.05) is 39.1 Å². The number of rotatable bonds is 6. The summed E-state index contributed by atoms with van der Waals surface area (Å²) in [5, 5.41) is 3.40. The average molecular weight is 393 g/mol. The van der Waals surface area contributed by atoms with Gasteiger partial charge in [-0.15, -0.1) is 24.8 Å². The van der Waals surface area contributed by atoms with Crippen molar-refractivity contribution in [2.24, 2.45) is 5.92 Å². The molecule has 0 radical (unpaired) electrons. The lowest BCUT2D eigenvalue weighted by Crippen LogP contribution is -2.45. The number of esters is 1. The highest BCUT2D eigenvalue weighted by molar-refractivity contribution is 5.85. The number of carbonyl (C=O) groups is 1. The van der Waals surface area contributed by atoms with Gasteiger partial charge in [-0.3, -0.25) is 9.69 Å². The third kappa shape index (κ3) is 7.02. The fourth-order valence-corrected chi connectivity index (χ4v) is 3.07. The number of piperazine rings is 1. The first-order valence-electron chi connectivity index (χ1n) is 8.32. The first kappa shape index (κ1) is 24.0. The largest absolute Gasteiger partial charge is 0.493 e. The Labute approximate surface area is 163 Å². The number of carbonyl (C=O) groups excluding carboxylic acids is 1. The summed E-state index contributed by atoms with van der Waals surface area (Å²) in [6, 6.07) is 6.26. The van der Waals surface area contributed by atoms with Gasteiger partial charge in [-0.1, -0.05) is 19.9 Å². The highest BCUT2D eigenvalue weighted by atomic mass is 35.5. The Morgan fingerprint density at radius 2 is 1.84 bits per heavy atom. The Hall–Kier alpha value is -1.01. The summed E-state index contributed by atoms with van der Waals surface area (Å²) in [6.45, 7) is 10.0. The lowest BCUT2D eigenvalue weighted by Gasteiger charge is -2.36. The van der Waals surface area contributed by atoms with E-state index in [2.05, 4.69) is 30.1 Å². The van der Waals surface area contributed by atoms with Gasteiger partial charge in [-0.2, -0.15) is 0 Å². The minimum absolute atomic E-state index is 0. The normalized spacial score (nSPS) is 15.7. The van der Waals surface area contributed by atoms with E-state index in [1.165, 1.54) is 12.5 Å². The van der Waals surface area contributed by atoms with E-state index in [-0.39, 0.29) is 30.8 Å². The van der Waals surface area contributed by atoms with Crippen LogP contribution < -0.4 is 14.8 Å². The molecule has 0 aliphatic carbocycles. The maximum absolute atomic E-state index is 11.2. The van der Waals surface area contributed by atoms with Crippen molar-refractivity contribution in [3.63, 3.8) is 0 Å². The van der Waals surface area contributed by atoms with E-state index in [1.54, 1.807) is 7.11 Å². The lowest BCUT2D eigenvalue weighted by atomic mass is 9.94. The highest BCUT2D eigenvalue weighted by Gasteiger charge is 2.24. The van der Waals surface area contributed by atoms with Gasteiger partial charge in [-0.25, -0.2) is 0 Å². The van der Waals surface area contributed by atoms with Gasteiger partial charge in [0.25, 0.3) is 0 Å². The molecule has 0 unspecified atom stereocenters. The van der Waals surface area contributed by atoms with Gasteiger partial charge in [-0.05, 0) is 30.0 Å². The predicted octanol–water partition coefficient (Wildman–Crippen LogP) is 3.46. The zero-order valence-electron chi connectivity index (χ0n) is 15.4. The second-order valence-electron chi connectivity index (χ2n) is 6.44. The van der Waals surface area contributed by atoms with E-state index in [1.807, 2.05) is 12.1 Å². The molecule has 7 heteroatoms. The second-order valence-corrected chi connectivity index (χ2v) is 6.44. The Kier molecular flexibility index (Phi) is 11.1. The maximum atomic E-state index is 11.2. The molecule has 0 amide bonds. The third-order valence-electron chi connectivity index (χ3n) is 4.11. The molecule has 1 aliphatic heterocycles. The van der Waals surface area contributed by atoms with Gasteiger partial charge >= 0.3 is 5.97 Å². The number of nitrogens with zero attached hydrogens (tertiary/aromatic N) is 1. The Balaban J connectivity index is 0.00000288. The molecule has 2 rings (SSSR count). The van der Waals surface area contributed by atoms with Crippen molar-refractivity contribution in [2.75, 3.05) is 33.3 Å². The number of nitrogens with one attached hydrogen (secondary N) is 1. The summed E-state index contributed by atoms with van der Waals surface area (Å²) in [5.74, 6) is 1.36. The van der Waals surface area contributed by atoms with Gasteiger partial charge in [0.2, 0.25) is 0 Å². The fourth-order valence-electron chi connectivity index (χ4n) is 3.07. The van der Waals surface area contributed by atoms with Crippen LogP contribution in [0.1, 0.15) is 38.8 Å². The van der Waals surface area contributed by atoms with Crippen LogP contribution in [0.3, 0.4) is 0 Å². The molecular formula is C18H30Cl2N2O3. The molecule has 0 spiro atoms. The summed E-state index contributed by atoms with van der Waals surface area (Å²) in [5.41, 5.74) is 1.22. The molecule has 0 aromatic heterocycles. The molecule has 0 saturated carbocycles. The van der Waals surface area contributed by atoms with Crippen LogP contribution >= 0.6 is 24.8 Å². The zero-order chi connectivity index (χ0) is 16.8. The van der Waals surface area contributed by atoms with Crippen molar-refractivity contribution >= 4 is 30.8 Å². The van der Waals surface area contributed by atoms with E-state index >= 15 is 0 Å². The SMILES string of the molecule is COc1cc([C@H](CC(C)C)N2CCNCC2)ccc1OC(C)=O.Cl.Cl. The van der Waals surface area contributed by atoms with Crippen molar-refractivity contribution in [2.45, 2.75) is 33.2 Å². The standard InChI is InChI=1S/C18H28N2O3.2ClH/c1-13(2)11-16(20-9-7-19-8-10-20)15-5-6-17(23-14(3)21)18(12-15)22-4;;/h5-6,12-13,16,19H,7-11H2,1-4H3;2*1H/t16-;;/m0../s1. The van der Waals surface area contributed by atoms with Crippen LogP contribution in [-0.4, -0.2) is 44.2 Å². The van der Waals surface area contributed by atoms with E-state index in [4.69, 9.17) is 9.47 Å². The van der Waals surface area contributed by atoms with Crippen LogP contribution in [0.25, 0.3) is 0 Å². The van der Waals surface area contributed by atoms with Crippen LogP contribution in [0.4, 0.5) is 0 Å². The molecule has 0 bridgehead atoms. The molecule has 1 atom stereocenters. The molecule has 1 aromatic carbocycles. The van der Waals surface area contributed by atoms with E-state index in [0.717, 1.165) is 32.6 Å². The first-order chi connectivity index (χ1) is 11.0.